The SMILES string of the molecule is CC(C)Nc1ncc(CN2CCN(Cc3ccccc3CO)CC2)cn1. The van der Waals surface area contributed by atoms with Gasteiger partial charge in [0.1, 0.15) is 0 Å². The minimum Gasteiger partial charge on any atom is -0.392 e. The molecule has 0 aliphatic carbocycles. The maximum Gasteiger partial charge on any atom is 0.222 e. The Morgan fingerprint density at radius 3 is 2.12 bits per heavy atom. The van der Waals surface area contributed by atoms with Gasteiger partial charge in [0.05, 0.1) is 6.61 Å². The molecule has 1 aromatic carbocycles. The summed E-state index contributed by atoms with van der Waals surface area (Å²) in [7, 11) is 0. The first-order valence-corrected chi connectivity index (χ1v) is 9.34. The summed E-state index contributed by atoms with van der Waals surface area (Å²) in [4.78, 5) is 13.7. The van der Waals surface area contributed by atoms with Crippen molar-refractivity contribution in [2.24, 2.45) is 0 Å². The average molecular weight is 355 g/mol. The van der Waals surface area contributed by atoms with Gasteiger partial charge in [-0.05, 0) is 25.0 Å². The van der Waals surface area contributed by atoms with Crippen LogP contribution in [0, 0.1) is 0 Å². The molecule has 2 N–H and O–H groups in total. The Hall–Kier alpha value is -2.02. The van der Waals surface area contributed by atoms with Gasteiger partial charge in [-0.25, -0.2) is 9.97 Å². The van der Waals surface area contributed by atoms with E-state index in [1.807, 2.05) is 30.6 Å². The highest BCUT2D eigenvalue weighted by Gasteiger charge is 2.18. The van der Waals surface area contributed by atoms with E-state index >= 15 is 0 Å². The number of hydrogen-bond donors (Lipinski definition) is 2. The summed E-state index contributed by atoms with van der Waals surface area (Å²) in [5, 5.41) is 12.7. The fourth-order valence-electron chi connectivity index (χ4n) is 3.24. The molecule has 0 unspecified atom stereocenters. The third-order valence-corrected chi connectivity index (χ3v) is 4.68. The Kier molecular flexibility index (Phi) is 6.55. The van der Waals surface area contributed by atoms with Gasteiger partial charge >= 0.3 is 0 Å². The van der Waals surface area contributed by atoms with Crippen molar-refractivity contribution < 1.29 is 5.11 Å². The molecule has 2 aromatic rings. The van der Waals surface area contributed by atoms with Crippen molar-refractivity contribution >= 4 is 5.95 Å². The van der Waals surface area contributed by atoms with Crippen molar-refractivity contribution in [1.29, 1.82) is 0 Å². The summed E-state index contributed by atoms with van der Waals surface area (Å²) in [6.45, 7) is 10.2. The van der Waals surface area contributed by atoms with E-state index < -0.39 is 0 Å². The fraction of sp³-hybridized carbons (Fsp3) is 0.500. The van der Waals surface area contributed by atoms with E-state index in [-0.39, 0.29) is 6.61 Å². The molecule has 6 heteroatoms. The molecule has 1 fully saturated rings. The number of aliphatic hydroxyl groups is 1. The molecule has 0 spiro atoms. The maximum absolute atomic E-state index is 9.48. The number of rotatable bonds is 7. The molecule has 0 bridgehead atoms. The molecule has 6 nitrogen and oxygen atoms in total. The van der Waals surface area contributed by atoms with Crippen LogP contribution in [-0.4, -0.2) is 57.1 Å². The minimum absolute atomic E-state index is 0.109. The van der Waals surface area contributed by atoms with Crippen molar-refractivity contribution in [2.75, 3.05) is 31.5 Å². The average Bonchev–Trinajstić information content (AvgIpc) is 2.65. The molecular weight excluding hydrogens is 326 g/mol. The number of benzene rings is 1. The van der Waals surface area contributed by atoms with E-state index in [0.29, 0.717) is 12.0 Å². The van der Waals surface area contributed by atoms with E-state index in [9.17, 15) is 5.11 Å². The van der Waals surface area contributed by atoms with Crippen LogP contribution in [0.2, 0.25) is 0 Å². The fourth-order valence-corrected chi connectivity index (χ4v) is 3.24. The van der Waals surface area contributed by atoms with E-state index in [0.717, 1.165) is 50.4 Å². The quantitative estimate of drug-likeness (QED) is 0.793. The van der Waals surface area contributed by atoms with Crippen LogP contribution in [-0.2, 0) is 19.7 Å². The van der Waals surface area contributed by atoms with Gasteiger partial charge in [0.15, 0.2) is 0 Å². The van der Waals surface area contributed by atoms with E-state index in [4.69, 9.17) is 0 Å². The molecule has 0 radical (unpaired) electrons. The lowest BCUT2D eigenvalue weighted by Gasteiger charge is -2.35. The summed E-state index contributed by atoms with van der Waals surface area (Å²) in [6.07, 6.45) is 3.84. The van der Waals surface area contributed by atoms with Crippen LogP contribution in [0.15, 0.2) is 36.7 Å². The van der Waals surface area contributed by atoms with Crippen molar-refractivity contribution in [3.63, 3.8) is 0 Å². The van der Waals surface area contributed by atoms with Crippen LogP contribution in [0.1, 0.15) is 30.5 Å². The number of aliphatic hydroxyl groups excluding tert-OH is 1. The van der Waals surface area contributed by atoms with Gasteiger partial charge in [0.25, 0.3) is 0 Å². The zero-order valence-electron chi connectivity index (χ0n) is 15.7. The first-order valence-electron chi connectivity index (χ1n) is 9.34. The molecule has 1 aliphatic rings. The summed E-state index contributed by atoms with van der Waals surface area (Å²) < 4.78 is 0. The Bertz CT molecular complexity index is 681. The van der Waals surface area contributed by atoms with Crippen molar-refractivity contribution in [3.05, 3.63) is 53.3 Å². The van der Waals surface area contributed by atoms with Gasteiger partial charge in [-0.1, -0.05) is 24.3 Å². The summed E-state index contributed by atoms with van der Waals surface area (Å²) in [5.41, 5.74) is 3.41. The third kappa shape index (κ3) is 5.24. The molecule has 140 valence electrons. The van der Waals surface area contributed by atoms with Crippen molar-refractivity contribution in [1.82, 2.24) is 19.8 Å². The third-order valence-electron chi connectivity index (χ3n) is 4.68. The zero-order valence-corrected chi connectivity index (χ0v) is 15.7. The molecule has 3 rings (SSSR count). The van der Waals surface area contributed by atoms with Gasteiger partial charge in [-0.3, -0.25) is 9.80 Å². The standard InChI is InChI=1S/C20H29N5O/c1-16(2)23-20-21-11-17(12-22-20)13-24-7-9-25(10-8-24)14-18-5-3-4-6-19(18)15-26/h3-6,11-12,16,26H,7-10,13-15H2,1-2H3,(H,21,22,23). The predicted octanol–water partition coefficient (Wildman–Crippen LogP) is 2.11. The molecule has 2 heterocycles. The largest absolute Gasteiger partial charge is 0.392 e. The Balaban J connectivity index is 1.48. The second kappa shape index (κ2) is 9.07. The topological polar surface area (TPSA) is 64.5 Å². The number of piperazine rings is 1. The van der Waals surface area contributed by atoms with Crippen LogP contribution >= 0.6 is 0 Å². The van der Waals surface area contributed by atoms with Crippen LogP contribution in [0.25, 0.3) is 0 Å². The lowest BCUT2D eigenvalue weighted by atomic mass is 10.1. The summed E-state index contributed by atoms with van der Waals surface area (Å²) in [5.74, 6) is 0.691. The molecule has 1 aromatic heterocycles. The molecule has 1 aliphatic heterocycles. The summed E-state index contributed by atoms with van der Waals surface area (Å²) in [6, 6.07) is 8.48. The molecule has 0 atom stereocenters. The second-order valence-electron chi connectivity index (χ2n) is 7.19. The molecule has 1 saturated heterocycles. The second-order valence-corrected chi connectivity index (χ2v) is 7.19. The molecular formula is C20H29N5O. The lowest BCUT2D eigenvalue weighted by molar-refractivity contribution is 0.121. The number of nitrogens with one attached hydrogen (secondary N) is 1. The highest BCUT2D eigenvalue weighted by atomic mass is 16.3. The Morgan fingerprint density at radius 1 is 0.962 bits per heavy atom. The lowest BCUT2D eigenvalue weighted by Crippen LogP contribution is -2.45. The van der Waals surface area contributed by atoms with Crippen LogP contribution < -0.4 is 5.32 Å². The Labute approximate surface area is 155 Å². The summed E-state index contributed by atoms with van der Waals surface area (Å²) >= 11 is 0. The first kappa shape index (κ1) is 18.8. The smallest absolute Gasteiger partial charge is 0.222 e. The van der Waals surface area contributed by atoms with E-state index in [2.05, 4.69) is 45.0 Å². The maximum atomic E-state index is 9.48. The van der Waals surface area contributed by atoms with Crippen LogP contribution in [0.4, 0.5) is 5.95 Å². The van der Waals surface area contributed by atoms with Crippen molar-refractivity contribution in [2.45, 2.75) is 39.6 Å². The number of hydrogen-bond acceptors (Lipinski definition) is 6. The molecule has 26 heavy (non-hydrogen) atoms. The highest BCUT2D eigenvalue weighted by Crippen LogP contribution is 2.14. The zero-order chi connectivity index (χ0) is 18.4. The van der Waals surface area contributed by atoms with Gasteiger partial charge in [-0.2, -0.15) is 0 Å². The van der Waals surface area contributed by atoms with Crippen LogP contribution in [0.5, 0.6) is 0 Å². The Morgan fingerprint density at radius 2 is 1.54 bits per heavy atom. The molecule has 0 amide bonds. The highest BCUT2D eigenvalue weighted by molar-refractivity contribution is 5.27. The van der Waals surface area contributed by atoms with Crippen molar-refractivity contribution in [3.8, 4) is 0 Å². The first-order chi connectivity index (χ1) is 12.6. The number of aromatic nitrogens is 2. The van der Waals surface area contributed by atoms with E-state index in [1.54, 1.807) is 0 Å². The molecule has 0 saturated carbocycles. The van der Waals surface area contributed by atoms with Crippen LogP contribution in [0.3, 0.4) is 0 Å². The van der Waals surface area contributed by atoms with Gasteiger partial charge in [-0.15, -0.1) is 0 Å². The van der Waals surface area contributed by atoms with Gasteiger partial charge in [0, 0.05) is 63.3 Å². The van der Waals surface area contributed by atoms with E-state index in [1.165, 1.54) is 5.56 Å². The number of anilines is 1. The number of nitrogens with zero attached hydrogens (tertiary/aromatic N) is 4. The normalized spacial score (nSPS) is 16.2. The van der Waals surface area contributed by atoms with Gasteiger partial charge < -0.3 is 10.4 Å². The minimum atomic E-state index is 0.109. The predicted molar refractivity (Wildman–Crippen MR) is 104 cm³/mol. The van der Waals surface area contributed by atoms with Gasteiger partial charge in [0.2, 0.25) is 5.95 Å². The monoisotopic (exact) mass is 355 g/mol.